The van der Waals surface area contributed by atoms with Gasteiger partial charge in [-0.2, -0.15) is 0 Å². The van der Waals surface area contributed by atoms with Crippen LogP contribution in [0.2, 0.25) is 5.02 Å². The third-order valence-electron chi connectivity index (χ3n) is 6.00. The lowest BCUT2D eigenvalue weighted by molar-refractivity contribution is -0.138. The highest BCUT2D eigenvalue weighted by molar-refractivity contribution is 6.30. The Morgan fingerprint density at radius 2 is 1.78 bits per heavy atom. The second-order valence-corrected chi connectivity index (χ2v) is 8.54. The van der Waals surface area contributed by atoms with E-state index in [4.69, 9.17) is 26.2 Å². The molecule has 1 atom stereocenters. The van der Waals surface area contributed by atoms with Gasteiger partial charge in [-0.3, -0.25) is 9.69 Å². The van der Waals surface area contributed by atoms with E-state index in [2.05, 4.69) is 18.2 Å². The van der Waals surface area contributed by atoms with Gasteiger partial charge in [0.1, 0.15) is 11.4 Å². The lowest BCUT2D eigenvalue weighted by atomic mass is 9.82. The van der Waals surface area contributed by atoms with Crippen LogP contribution in [0.5, 0.6) is 5.75 Å². The van der Waals surface area contributed by atoms with Gasteiger partial charge in [0.2, 0.25) is 0 Å². The molecule has 3 aromatic rings. The molecule has 1 aliphatic heterocycles. The number of ether oxygens (including phenoxy) is 2. The molecule has 1 aliphatic rings. The smallest absolute Gasteiger partial charge is 0.317 e. The van der Waals surface area contributed by atoms with Gasteiger partial charge in [-0.25, -0.2) is 0 Å². The van der Waals surface area contributed by atoms with Crippen molar-refractivity contribution in [1.82, 2.24) is 4.90 Å². The Balaban J connectivity index is 1.69. The van der Waals surface area contributed by atoms with Crippen molar-refractivity contribution >= 4 is 17.6 Å². The number of aliphatic carboxylic acids is 1. The van der Waals surface area contributed by atoms with Crippen LogP contribution in [0.3, 0.4) is 0 Å². The van der Waals surface area contributed by atoms with Gasteiger partial charge < -0.3 is 14.6 Å². The third kappa shape index (κ3) is 4.51. The summed E-state index contributed by atoms with van der Waals surface area (Å²) >= 11 is 6.14. The highest BCUT2D eigenvalue weighted by Crippen LogP contribution is 2.46. The molecule has 0 fully saturated rings. The van der Waals surface area contributed by atoms with Crippen molar-refractivity contribution in [2.75, 3.05) is 27.2 Å². The minimum atomic E-state index is -0.843. The molecule has 0 saturated carbocycles. The van der Waals surface area contributed by atoms with Gasteiger partial charge >= 0.3 is 5.97 Å². The summed E-state index contributed by atoms with van der Waals surface area (Å²) in [7, 11) is 3.47. The summed E-state index contributed by atoms with van der Waals surface area (Å²) in [5.74, 6) is -0.0182. The van der Waals surface area contributed by atoms with Gasteiger partial charge in [-0.1, -0.05) is 48.0 Å². The molecule has 0 aromatic heterocycles. The van der Waals surface area contributed by atoms with Crippen LogP contribution in [-0.4, -0.2) is 43.2 Å². The molecule has 5 nitrogen and oxygen atoms in total. The predicted octanol–water partition coefficient (Wildman–Crippen LogP) is 5.20. The van der Waals surface area contributed by atoms with Crippen molar-refractivity contribution in [2.24, 2.45) is 0 Å². The highest BCUT2D eigenvalue weighted by atomic mass is 35.5. The summed E-state index contributed by atoms with van der Waals surface area (Å²) < 4.78 is 11.7. The fourth-order valence-electron chi connectivity index (χ4n) is 4.32. The quantitative estimate of drug-likeness (QED) is 0.510. The van der Waals surface area contributed by atoms with E-state index in [9.17, 15) is 4.79 Å². The fraction of sp³-hybridized carbons (Fsp3) is 0.269. The van der Waals surface area contributed by atoms with Gasteiger partial charge in [0, 0.05) is 11.6 Å². The zero-order valence-corrected chi connectivity index (χ0v) is 18.9. The number of hydrogen-bond donors (Lipinski definition) is 1. The van der Waals surface area contributed by atoms with Crippen LogP contribution in [0.15, 0.2) is 66.7 Å². The number of halogens is 1. The molecule has 0 saturated heterocycles. The predicted molar refractivity (Wildman–Crippen MR) is 125 cm³/mol. The van der Waals surface area contributed by atoms with E-state index in [1.165, 1.54) is 0 Å². The van der Waals surface area contributed by atoms with E-state index < -0.39 is 11.6 Å². The van der Waals surface area contributed by atoms with Crippen LogP contribution in [0.25, 0.3) is 11.1 Å². The number of carbonyl (C=O) groups is 1. The Kier molecular flexibility index (Phi) is 6.51. The first-order valence-electron chi connectivity index (χ1n) is 10.5. The minimum Gasteiger partial charge on any atom is -0.497 e. The largest absolute Gasteiger partial charge is 0.497 e. The molecule has 1 N–H and O–H groups in total. The maximum atomic E-state index is 11.1. The molecule has 0 aliphatic carbocycles. The Hall–Kier alpha value is -2.86. The molecule has 6 heteroatoms. The van der Waals surface area contributed by atoms with Crippen molar-refractivity contribution in [3.8, 4) is 16.9 Å². The average Bonchev–Trinajstić information content (AvgIpc) is 3.17. The van der Waals surface area contributed by atoms with Crippen molar-refractivity contribution in [3.05, 3.63) is 88.4 Å². The molecule has 1 heterocycles. The highest BCUT2D eigenvalue weighted by Gasteiger charge is 2.41. The van der Waals surface area contributed by atoms with Gasteiger partial charge in [0.25, 0.3) is 0 Å². The summed E-state index contributed by atoms with van der Waals surface area (Å²) in [5.41, 5.74) is 4.84. The molecule has 166 valence electrons. The van der Waals surface area contributed by atoms with Crippen molar-refractivity contribution in [1.29, 1.82) is 0 Å². The number of likely N-dealkylation sites (N-methyl/N-ethyl adjacent to an activating group) is 1. The zero-order chi connectivity index (χ0) is 22.7. The van der Waals surface area contributed by atoms with Gasteiger partial charge in [-0.15, -0.1) is 0 Å². The molecule has 1 unspecified atom stereocenters. The number of carboxylic acids is 1. The number of carboxylic acid groups (broad SMARTS) is 1. The van der Waals surface area contributed by atoms with Crippen LogP contribution >= 0.6 is 11.6 Å². The average molecular weight is 452 g/mol. The van der Waals surface area contributed by atoms with Crippen LogP contribution in [-0.2, 0) is 21.7 Å². The maximum Gasteiger partial charge on any atom is 0.317 e. The SMILES string of the molecule is COc1ccc(-c2ccc3c(c2)COC3(CCN(C)CC(=O)O)c2ccc(Cl)cc2)cc1. The molecular formula is C26H26ClNO4. The third-order valence-corrected chi connectivity index (χ3v) is 6.25. The second-order valence-electron chi connectivity index (χ2n) is 8.10. The van der Waals surface area contributed by atoms with E-state index >= 15 is 0 Å². The molecule has 4 rings (SSSR count). The first-order valence-corrected chi connectivity index (χ1v) is 10.9. The normalized spacial score (nSPS) is 17.4. The zero-order valence-electron chi connectivity index (χ0n) is 18.2. The second kappa shape index (κ2) is 9.33. The van der Waals surface area contributed by atoms with Gasteiger partial charge in [0.15, 0.2) is 0 Å². The van der Waals surface area contributed by atoms with Gasteiger partial charge in [-0.05, 0) is 71.6 Å². The lowest BCUT2D eigenvalue weighted by Gasteiger charge is -2.32. The summed E-state index contributed by atoms with van der Waals surface area (Å²) in [5, 5.41) is 9.79. The molecule has 32 heavy (non-hydrogen) atoms. The first kappa shape index (κ1) is 22.3. The number of hydrogen-bond acceptors (Lipinski definition) is 4. The van der Waals surface area contributed by atoms with Crippen molar-refractivity contribution < 1.29 is 19.4 Å². The fourth-order valence-corrected chi connectivity index (χ4v) is 4.44. The molecule has 0 spiro atoms. The van der Waals surface area contributed by atoms with E-state index in [0.717, 1.165) is 33.6 Å². The molecule has 0 radical (unpaired) electrons. The van der Waals surface area contributed by atoms with Crippen LogP contribution < -0.4 is 4.74 Å². The van der Waals surface area contributed by atoms with E-state index in [1.807, 2.05) is 55.6 Å². The molecule has 0 bridgehead atoms. The van der Waals surface area contributed by atoms with E-state index in [1.54, 1.807) is 12.0 Å². The first-order chi connectivity index (χ1) is 15.4. The number of nitrogens with zero attached hydrogens (tertiary/aromatic N) is 1. The monoisotopic (exact) mass is 451 g/mol. The topological polar surface area (TPSA) is 59.0 Å². The number of benzene rings is 3. The summed E-state index contributed by atoms with van der Waals surface area (Å²) in [4.78, 5) is 12.9. The summed E-state index contributed by atoms with van der Waals surface area (Å²) in [6, 6.07) is 22.1. The number of methoxy groups -OCH3 is 1. The van der Waals surface area contributed by atoms with E-state index in [0.29, 0.717) is 24.6 Å². The molecule has 0 amide bonds. The Morgan fingerprint density at radius 3 is 2.44 bits per heavy atom. The van der Waals surface area contributed by atoms with Crippen LogP contribution in [0.1, 0.15) is 23.1 Å². The van der Waals surface area contributed by atoms with Crippen molar-refractivity contribution in [2.45, 2.75) is 18.6 Å². The van der Waals surface area contributed by atoms with Gasteiger partial charge in [0.05, 0.1) is 20.3 Å². The minimum absolute atomic E-state index is 0.0139. The van der Waals surface area contributed by atoms with Crippen LogP contribution in [0, 0.1) is 0 Å². The van der Waals surface area contributed by atoms with Crippen molar-refractivity contribution in [3.63, 3.8) is 0 Å². The Morgan fingerprint density at radius 1 is 1.09 bits per heavy atom. The molecule has 3 aromatic carbocycles. The summed E-state index contributed by atoms with van der Waals surface area (Å²) in [6.07, 6.45) is 0.632. The maximum absolute atomic E-state index is 11.1. The number of rotatable bonds is 8. The standard InChI is InChI=1S/C26H26ClNO4/c1-28(16-25(29)30)14-13-26(21-6-8-22(27)9-7-21)24-12-5-19(15-20(24)17-32-26)18-3-10-23(31-2)11-4-18/h3-12,15H,13-14,16-17H2,1-2H3,(H,29,30). The van der Waals surface area contributed by atoms with Crippen LogP contribution in [0.4, 0.5) is 0 Å². The Bertz CT molecular complexity index is 1100. The lowest BCUT2D eigenvalue weighted by Crippen LogP contribution is -2.34. The summed E-state index contributed by atoms with van der Waals surface area (Å²) in [6.45, 7) is 1.05. The molecular weight excluding hydrogens is 426 g/mol. The van der Waals surface area contributed by atoms with E-state index in [-0.39, 0.29) is 6.54 Å². The number of fused-ring (bicyclic) bond motifs is 1. The Labute approximate surface area is 193 Å².